The Kier molecular flexibility index (Phi) is 4.96. The molecule has 6 heteroatoms. The van der Waals surface area contributed by atoms with E-state index in [1.807, 2.05) is 24.3 Å². The number of hydrogen-bond acceptors (Lipinski definition) is 3. The number of nitrogens with zero attached hydrogens (tertiary/aromatic N) is 2. The fourth-order valence-corrected chi connectivity index (χ4v) is 2.64. The van der Waals surface area contributed by atoms with Crippen molar-refractivity contribution in [3.63, 3.8) is 0 Å². The maximum absolute atomic E-state index is 13.7. The quantitative estimate of drug-likeness (QED) is 0.730. The van der Waals surface area contributed by atoms with Crippen molar-refractivity contribution >= 4 is 27.7 Å². The zero-order chi connectivity index (χ0) is 16.9. The van der Waals surface area contributed by atoms with Crippen LogP contribution in [0, 0.1) is 5.82 Å². The Labute approximate surface area is 146 Å². The zero-order valence-electron chi connectivity index (χ0n) is 12.5. The van der Waals surface area contributed by atoms with Crippen LogP contribution in [0.4, 0.5) is 10.2 Å². The third kappa shape index (κ3) is 3.83. The lowest BCUT2D eigenvalue weighted by molar-refractivity contribution is -0.115. The van der Waals surface area contributed by atoms with Crippen molar-refractivity contribution in [2.45, 2.75) is 6.42 Å². The number of amides is 1. The van der Waals surface area contributed by atoms with Crippen LogP contribution in [0.25, 0.3) is 11.3 Å². The lowest BCUT2D eigenvalue weighted by Gasteiger charge is -2.06. The summed E-state index contributed by atoms with van der Waals surface area (Å²) >= 11 is 3.41. The minimum absolute atomic E-state index is 0.199. The van der Waals surface area contributed by atoms with Gasteiger partial charge in [-0.25, -0.2) is 4.39 Å². The van der Waals surface area contributed by atoms with Crippen LogP contribution in [0.15, 0.2) is 65.1 Å². The molecular weight excluding hydrogens is 373 g/mol. The summed E-state index contributed by atoms with van der Waals surface area (Å²) < 4.78 is 14.6. The van der Waals surface area contributed by atoms with Crippen molar-refractivity contribution < 1.29 is 9.18 Å². The highest BCUT2D eigenvalue weighted by molar-refractivity contribution is 9.10. The molecule has 120 valence electrons. The maximum Gasteiger partial charge on any atom is 0.230 e. The average molecular weight is 386 g/mol. The molecule has 0 spiro atoms. The van der Waals surface area contributed by atoms with Gasteiger partial charge in [-0.15, -0.1) is 10.2 Å². The van der Waals surface area contributed by atoms with E-state index < -0.39 is 0 Å². The third-order valence-electron chi connectivity index (χ3n) is 3.39. The number of aromatic nitrogens is 2. The van der Waals surface area contributed by atoms with Crippen molar-refractivity contribution in [2.75, 3.05) is 5.32 Å². The van der Waals surface area contributed by atoms with Gasteiger partial charge in [-0.2, -0.15) is 0 Å². The normalized spacial score (nSPS) is 10.4. The lowest BCUT2D eigenvalue weighted by atomic mass is 10.1. The summed E-state index contributed by atoms with van der Waals surface area (Å²) in [5, 5.41) is 10.6. The first-order chi connectivity index (χ1) is 11.6. The zero-order valence-corrected chi connectivity index (χ0v) is 14.1. The van der Waals surface area contributed by atoms with Crippen LogP contribution in [0.3, 0.4) is 0 Å². The van der Waals surface area contributed by atoms with E-state index in [9.17, 15) is 9.18 Å². The molecule has 1 aromatic heterocycles. The topological polar surface area (TPSA) is 54.9 Å². The molecule has 0 unspecified atom stereocenters. The van der Waals surface area contributed by atoms with Gasteiger partial charge >= 0.3 is 0 Å². The van der Waals surface area contributed by atoms with Gasteiger partial charge in [0.1, 0.15) is 5.82 Å². The number of benzene rings is 2. The molecule has 1 N–H and O–H groups in total. The molecule has 0 saturated heterocycles. The Morgan fingerprint density at radius 2 is 1.75 bits per heavy atom. The van der Waals surface area contributed by atoms with Gasteiger partial charge in [0.2, 0.25) is 5.91 Å². The van der Waals surface area contributed by atoms with Gasteiger partial charge in [-0.05, 0) is 35.9 Å². The summed E-state index contributed by atoms with van der Waals surface area (Å²) in [6.07, 6.45) is 0.220. The molecule has 0 aliphatic heterocycles. The van der Waals surface area contributed by atoms with Gasteiger partial charge in [0.25, 0.3) is 0 Å². The third-order valence-corrected chi connectivity index (χ3v) is 4.16. The van der Waals surface area contributed by atoms with Crippen molar-refractivity contribution in [3.05, 3.63) is 76.5 Å². The number of halogens is 2. The number of carbonyl (C=O) groups excluding carboxylic acids is 1. The molecule has 4 nitrogen and oxygen atoms in total. The Bertz CT molecular complexity index is 868. The number of anilines is 1. The molecular formula is C18H13BrFN3O. The number of hydrogen-bond donors (Lipinski definition) is 1. The van der Waals surface area contributed by atoms with E-state index in [1.165, 1.54) is 6.07 Å². The monoisotopic (exact) mass is 385 g/mol. The summed E-state index contributed by atoms with van der Waals surface area (Å²) in [7, 11) is 0. The first kappa shape index (κ1) is 16.3. The fourth-order valence-electron chi connectivity index (χ4n) is 2.21. The van der Waals surface area contributed by atoms with Gasteiger partial charge in [0.05, 0.1) is 12.1 Å². The van der Waals surface area contributed by atoms with Gasteiger partial charge in [0.15, 0.2) is 5.82 Å². The van der Waals surface area contributed by atoms with Crippen molar-refractivity contribution in [2.24, 2.45) is 0 Å². The SMILES string of the molecule is O=C(Cc1ccccc1Br)Nc1ccc(-c2ccccc2F)nn1. The molecule has 0 aliphatic carbocycles. The fraction of sp³-hybridized carbons (Fsp3) is 0.0556. The molecule has 2 aromatic carbocycles. The maximum atomic E-state index is 13.7. The van der Waals surface area contributed by atoms with Crippen LogP contribution in [0.2, 0.25) is 0 Å². The minimum Gasteiger partial charge on any atom is -0.309 e. The van der Waals surface area contributed by atoms with Crippen LogP contribution < -0.4 is 5.32 Å². The Hall–Kier alpha value is -2.60. The highest BCUT2D eigenvalue weighted by Crippen LogP contribution is 2.20. The Balaban J connectivity index is 1.69. The van der Waals surface area contributed by atoms with Crippen molar-refractivity contribution in [3.8, 4) is 11.3 Å². The van der Waals surface area contributed by atoms with E-state index in [0.717, 1.165) is 10.0 Å². The predicted octanol–water partition coefficient (Wildman–Crippen LogP) is 4.23. The highest BCUT2D eigenvalue weighted by atomic mass is 79.9. The average Bonchev–Trinajstić information content (AvgIpc) is 2.58. The van der Waals surface area contributed by atoms with Crippen LogP contribution in [0.1, 0.15) is 5.56 Å². The summed E-state index contributed by atoms with van der Waals surface area (Å²) in [5.74, 6) is -0.237. The molecule has 1 amide bonds. The van der Waals surface area contributed by atoms with Gasteiger partial charge < -0.3 is 5.32 Å². The summed E-state index contributed by atoms with van der Waals surface area (Å²) in [6.45, 7) is 0. The molecule has 3 rings (SSSR count). The molecule has 0 atom stereocenters. The van der Waals surface area contributed by atoms with E-state index in [1.54, 1.807) is 30.3 Å². The second kappa shape index (κ2) is 7.31. The molecule has 0 aliphatic rings. The Morgan fingerprint density at radius 1 is 1.00 bits per heavy atom. The van der Waals surface area contributed by atoms with Crippen LogP contribution in [-0.2, 0) is 11.2 Å². The van der Waals surface area contributed by atoms with Crippen LogP contribution in [-0.4, -0.2) is 16.1 Å². The Morgan fingerprint density at radius 3 is 2.46 bits per heavy atom. The molecule has 0 radical (unpaired) electrons. The number of rotatable bonds is 4. The minimum atomic E-state index is -0.363. The van der Waals surface area contributed by atoms with E-state index in [4.69, 9.17) is 0 Å². The smallest absolute Gasteiger partial charge is 0.230 e. The second-order valence-corrected chi connectivity index (χ2v) is 5.95. The van der Waals surface area contributed by atoms with E-state index in [2.05, 4.69) is 31.4 Å². The highest BCUT2D eigenvalue weighted by Gasteiger charge is 2.09. The van der Waals surface area contributed by atoms with Gasteiger partial charge in [-0.1, -0.05) is 46.3 Å². The lowest BCUT2D eigenvalue weighted by Crippen LogP contribution is -2.16. The number of carbonyl (C=O) groups is 1. The van der Waals surface area contributed by atoms with E-state index >= 15 is 0 Å². The largest absolute Gasteiger partial charge is 0.309 e. The van der Waals surface area contributed by atoms with Crippen LogP contribution >= 0.6 is 15.9 Å². The molecule has 3 aromatic rings. The predicted molar refractivity (Wildman–Crippen MR) is 93.9 cm³/mol. The van der Waals surface area contributed by atoms with E-state index in [-0.39, 0.29) is 18.1 Å². The summed E-state index contributed by atoms with van der Waals surface area (Å²) in [5.41, 5.74) is 1.67. The number of nitrogens with one attached hydrogen (secondary N) is 1. The summed E-state index contributed by atoms with van der Waals surface area (Å²) in [6, 6.07) is 17.1. The molecule has 0 saturated carbocycles. The molecule has 24 heavy (non-hydrogen) atoms. The standard InChI is InChI=1S/C18H13BrFN3O/c19-14-7-3-1-5-12(14)11-18(24)21-17-10-9-16(22-23-17)13-6-2-4-8-15(13)20/h1-10H,11H2,(H,21,23,24). The van der Waals surface area contributed by atoms with Crippen molar-refractivity contribution in [1.29, 1.82) is 0 Å². The van der Waals surface area contributed by atoms with E-state index in [0.29, 0.717) is 17.1 Å². The summed E-state index contributed by atoms with van der Waals surface area (Å²) in [4.78, 5) is 12.1. The first-order valence-electron chi connectivity index (χ1n) is 7.25. The molecule has 1 heterocycles. The van der Waals surface area contributed by atoms with Crippen LogP contribution in [0.5, 0.6) is 0 Å². The molecule has 0 bridgehead atoms. The van der Waals surface area contributed by atoms with Gasteiger partial charge in [0, 0.05) is 10.0 Å². The van der Waals surface area contributed by atoms with Crippen molar-refractivity contribution in [1.82, 2.24) is 10.2 Å². The van der Waals surface area contributed by atoms with Gasteiger partial charge in [-0.3, -0.25) is 4.79 Å². The molecule has 0 fully saturated rings. The second-order valence-electron chi connectivity index (χ2n) is 5.10. The first-order valence-corrected chi connectivity index (χ1v) is 8.04.